The summed E-state index contributed by atoms with van der Waals surface area (Å²) < 4.78 is 1.09. The second-order valence-corrected chi connectivity index (χ2v) is 6.71. The Kier molecular flexibility index (Phi) is 5.51. The lowest BCUT2D eigenvalue weighted by Gasteiger charge is -2.24. The molecule has 0 saturated carbocycles. The minimum Gasteiger partial charge on any atom is -0.303 e. The van der Waals surface area contributed by atoms with Crippen molar-refractivity contribution in [3.8, 4) is 6.07 Å². The molecular formula is C13H17BrN2S. The number of halogens is 1. The first kappa shape index (κ1) is 14.6. The Morgan fingerprint density at radius 2 is 2.29 bits per heavy atom. The van der Waals surface area contributed by atoms with Crippen molar-refractivity contribution in [3.05, 3.63) is 28.7 Å². The van der Waals surface area contributed by atoms with Gasteiger partial charge >= 0.3 is 0 Å². The van der Waals surface area contributed by atoms with Crippen LogP contribution in [0, 0.1) is 11.3 Å². The van der Waals surface area contributed by atoms with Crippen molar-refractivity contribution in [2.24, 2.45) is 0 Å². The summed E-state index contributed by atoms with van der Waals surface area (Å²) in [6.07, 6.45) is 0.817. The zero-order chi connectivity index (χ0) is 12.9. The van der Waals surface area contributed by atoms with Gasteiger partial charge in [0.2, 0.25) is 0 Å². The van der Waals surface area contributed by atoms with Gasteiger partial charge in [0.1, 0.15) is 5.54 Å². The number of benzene rings is 1. The first-order valence-electron chi connectivity index (χ1n) is 5.51. The molecule has 0 spiro atoms. The van der Waals surface area contributed by atoms with Crippen LogP contribution in [0.5, 0.6) is 0 Å². The van der Waals surface area contributed by atoms with Crippen LogP contribution >= 0.6 is 27.7 Å². The molecule has 2 unspecified atom stereocenters. The molecule has 0 aliphatic heterocycles. The van der Waals surface area contributed by atoms with E-state index in [1.54, 1.807) is 11.8 Å². The summed E-state index contributed by atoms with van der Waals surface area (Å²) in [7, 11) is 1.83. The number of nitrogens with zero attached hydrogens (tertiary/aromatic N) is 1. The Bertz CT molecular complexity index is 416. The van der Waals surface area contributed by atoms with Crippen molar-refractivity contribution in [1.82, 2.24) is 5.32 Å². The van der Waals surface area contributed by atoms with Crippen molar-refractivity contribution in [2.45, 2.75) is 36.0 Å². The lowest BCUT2D eigenvalue weighted by atomic mass is 9.98. The highest BCUT2D eigenvalue weighted by molar-refractivity contribution is 9.10. The minimum atomic E-state index is -0.446. The summed E-state index contributed by atoms with van der Waals surface area (Å²) in [6, 6.07) is 10.6. The SMILES string of the molecule is CNC(C)(C#N)CC(C)Sc1cccc(Br)c1. The van der Waals surface area contributed by atoms with Gasteiger partial charge in [-0.15, -0.1) is 11.8 Å². The number of nitriles is 1. The van der Waals surface area contributed by atoms with E-state index in [9.17, 15) is 0 Å². The molecule has 0 amide bonds. The zero-order valence-electron chi connectivity index (χ0n) is 10.3. The molecule has 92 valence electrons. The predicted molar refractivity (Wildman–Crippen MR) is 77.2 cm³/mol. The number of hydrogen-bond acceptors (Lipinski definition) is 3. The molecule has 2 atom stereocenters. The average molecular weight is 313 g/mol. The van der Waals surface area contributed by atoms with Gasteiger partial charge in [-0.3, -0.25) is 0 Å². The summed E-state index contributed by atoms with van der Waals surface area (Å²) in [6.45, 7) is 4.09. The lowest BCUT2D eigenvalue weighted by molar-refractivity contribution is 0.455. The zero-order valence-corrected chi connectivity index (χ0v) is 12.7. The second-order valence-electron chi connectivity index (χ2n) is 4.28. The first-order valence-corrected chi connectivity index (χ1v) is 7.19. The Balaban J connectivity index is 2.62. The van der Waals surface area contributed by atoms with Gasteiger partial charge < -0.3 is 5.32 Å². The summed E-state index contributed by atoms with van der Waals surface area (Å²) in [4.78, 5) is 1.23. The quantitative estimate of drug-likeness (QED) is 0.840. The molecule has 4 heteroatoms. The van der Waals surface area contributed by atoms with Crippen molar-refractivity contribution >= 4 is 27.7 Å². The molecule has 0 heterocycles. The highest BCUT2D eigenvalue weighted by Gasteiger charge is 2.24. The third kappa shape index (κ3) is 4.71. The number of nitrogens with one attached hydrogen (secondary N) is 1. The maximum absolute atomic E-state index is 9.12. The Morgan fingerprint density at radius 3 is 2.82 bits per heavy atom. The molecule has 0 aromatic heterocycles. The van der Waals surface area contributed by atoms with Crippen molar-refractivity contribution < 1.29 is 0 Å². The molecule has 1 N–H and O–H groups in total. The van der Waals surface area contributed by atoms with Gasteiger partial charge in [0.25, 0.3) is 0 Å². The molecule has 17 heavy (non-hydrogen) atoms. The van der Waals surface area contributed by atoms with Gasteiger partial charge in [0, 0.05) is 14.6 Å². The van der Waals surface area contributed by atoms with Crippen LogP contribution in [-0.2, 0) is 0 Å². The molecule has 0 aliphatic rings. The van der Waals surface area contributed by atoms with Crippen LogP contribution in [0.4, 0.5) is 0 Å². The molecule has 1 aromatic carbocycles. The highest BCUT2D eigenvalue weighted by Crippen LogP contribution is 2.29. The van der Waals surface area contributed by atoms with Crippen molar-refractivity contribution in [1.29, 1.82) is 5.26 Å². The summed E-state index contributed by atoms with van der Waals surface area (Å²) >= 11 is 5.26. The standard InChI is InChI=1S/C13H17BrN2S/c1-10(8-13(2,9-15)16-3)17-12-6-4-5-11(14)7-12/h4-7,10,16H,8H2,1-3H3. The highest BCUT2D eigenvalue weighted by atomic mass is 79.9. The third-order valence-electron chi connectivity index (χ3n) is 2.63. The minimum absolute atomic E-state index is 0.390. The number of rotatable bonds is 5. The number of hydrogen-bond donors (Lipinski definition) is 1. The summed E-state index contributed by atoms with van der Waals surface area (Å²) in [5.41, 5.74) is -0.446. The van der Waals surface area contributed by atoms with Gasteiger partial charge in [-0.2, -0.15) is 5.26 Å². The van der Waals surface area contributed by atoms with E-state index in [1.165, 1.54) is 4.90 Å². The first-order chi connectivity index (χ1) is 7.99. The molecule has 2 nitrogen and oxygen atoms in total. The fourth-order valence-corrected chi connectivity index (χ4v) is 3.38. The molecular weight excluding hydrogens is 296 g/mol. The molecule has 0 radical (unpaired) electrons. The maximum Gasteiger partial charge on any atom is 0.104 e. The Hall–Kier alpha value is -0.500. The molecule has 0 aliphatic carbocycles. The fraction of sp³-hybridized carbons (Fsp3) is 0.462. The summed E-state index contributed by atoms with van der Waals surface area (Å²) in [5, 5.41) is 12.6. The molecule has 1 rings (SSSR count). The van der Waals surface area contributed by atoms with E-state index in [4.69, 9.17) is 5.26 Å². The van der Waals surface area contributed by atoms with Crippen molar-refractivity contribution in [3.63, 3.8) is 0 Å². The van der Waals surface area contributed by atoms with Crippen LogP contribution in [0.3, 0.4) is 0 Å². The smallest absolute Gasteiger partial charge is 0.104 e. The molecule has 0 bridgehead atoms. The van der Waals surface area contributed by atoms with Gasteiger partial charge in [-0.1, -0.05) is 28.9 Å². The Labute approximate surface area is 116 Å². The van der Waals surface area contributed by atoms with Crippen LogP contribution in [-0.4, -0.2) is 17.8 Å². The van der Waals surface area contributed by atoms with Crippen LogP contribution in [0.1, 0.15) is 20.3 Å². The predicted octanol–water partition coefficient (Wildman–Crippen LogP) is 3.82. The normalized spacial score (nSPS) is 15.9. The van der Waals surface area contributed by atoms with Gasteiger partial charge in [-0.05, 0) is 38.6 Å². The van der Waals surface area contributed by atoms with Crippen LogP contribution in [0.15, 0.2) is 33.6 Å². The van der Waals surface area contributed by atoms with E-state index < -0.39 is 5.54 Å². The molecule has 1 aromatic rings. The van der Waals surface area contributed by atoms with Crippen LogP contribution in [0.25, 0.3) is 0 Å². The summed E-state index contributed by atoms with van der Waals surface area (Å²) in [5.74, 6) is 0. The van der Waals surface area contributed by atoms with E-state index in [2.05, 4.69) is 46.4 Å². The second kappa shape index (κ2) is 6.44. The van der Waals surface area contributed by atoms with Crippen LogP contribution < -0.4 is 5.32 Å². The lowest BCUT2D eigenvalue weighted by Crippen LogP contribution is -2.40. The van der Waals surface area contributed by atoms with Crippen molar-refractivity contribution in [2.75, 3.05) is 7.05 Å². The van der Waals surface area contributed by atoms with E-state index >= 15 is 0 Å². The topological polar surface area (TPSA) is 35.8 Å². The van der Waals surface area contributed by atoms with E-state index in [1.807, 2.05) is 26.1 Å². The third-order valence-corrected chi connectivity index (χ3v) is 4.22. The largest absolute Gasteiger partial charge is 0.303 e. The van der Waals surface area contributed by atoms with Gasteiger partial charge in [0.05, 0.1) is 6.07 Å². The van der Waals surface area contributed by atoms with E-state index in [0.29, 0.717) is 5.25 Å². The van der Waals surface area contributed by atoms with E-state index in [-0.39, 0.29) is 0 Å². The maximum atomic E-state index is 9.12. The Morgan fingerprint density at radius 1 is 1.59 bits per heavy atom. The monoisotopic (exact) mass is 312 g/mol. The van der Waals surface area contributed by atoms with Gasteiger partial charge in [-0.25, -0.2) is 0 Å². The van der Waals surface area contributed by atoms with Crippen LogP contribution in [0.2, 0.25) is 0 Å². The van der Waals surface area contributed by atoms with E-state index in [0.717, 1.165) is 10.9 Å². The fourth-order valence-electron chi connectivity index (χ4n) is 1.59. The number of thioether (sulfide) groups is 1. The molecule has 0 saturated heterocycles. The van der Waals surface area contributed by atoms with Gasteiger partial charge in [0.15, 0.2) is 0 Å². The molecule has 0 fully saturated rings. The average Bonchev–Trinajstić information content (AvgIpc) is 2.28.